The normalized spacial score (nSPS) is 11.8. The average molecular weight is 271 g/mol. The van der Waals surface area contributed by atoms with Crippen LogP contribution in [0.1, 0.15) is 11.6 Å². The molecule has 2 heterocycles. The molecular formula is C9H13N5O3S. The highest BCUT2D eigenvalue weighted by molar-refractivity contribution is 7.89. The summed E-state index contributed by atoms with van der Waals surface area (Å²) in [5.74, 6) is 0.384. The molecule has 9 heteroatoms. The maximum absolute atomic E-state index is 11.9. The molecule has 0 aliphatic heterocycles. The highest BCUT2D eigenvalue weighted by Gasteiger charge is 2.15. The molecule has 98 valence electrons. The Morgan fingerprint density at radius 1 is 1.50 bits per heavy atom. The molecule has 2 aromatic heterocycles. The molecule has 0 radical (unpaired) electrons. The van der Waals surface area contributed by atoms with Crippen molar-refractivity contribution in [2.24, 2.45) is 5.73 Å². The molecule has 8 nitrogen and oxygen atoms in total. The molecule has 2 rings (SSSR count). The summed E-state index contributed by atoms with van der Waals surface area (Å²) in [5.41, 5.74) is 6.06. The van der Waals surface area contributed by atoms with Crippen molar-refractivity contribution >= 4 is 10.0 Å². The number of nitrogens with one attached hydrogen (secondary N) is 2. The van der Waals surface area contributed by atoms with E-state index < -0.39 is 10.0 Å². The molecular weight excluding hydrogens is 258 g/mol. The van der Waals surface area contributed by atoms with Crippen LogP contribution in [0.15, 0.2) is 28.0 Å². The van der Waals surface area contributed by atoms with Gasteiger partial charge < -0.3 is 15.2 Å². The first-order chi connectivity index (χ1) is 8.62. The Kier molecular flexibility index (Phi) is 3.75. The third-order valence-corrected chi connectivity index (χ3v) is 3.72. The van der Waals surface area contributed by atoms with Crippen LogP contribution in [0.5, 0.6) is 0 Å². The van der Waals surface area contributed by atoms with Gasteiger partial charge in [0.1, 0.15) is 0 Å². The predicted octanol–water partition coefficient (Wildman–Crippen LogP) is -0.623. The number of hydrogen-bond acceptors (Lipinski definition) is 6. The highest BCUT2D eigenvalue weighted by atomic mass is 32.2. The molecule has 0 aromatic carbocycles. The predicted molar refractivity (Wildman–Crippen MR) is 61.9 cm³/mol. The van der Waals surface area contributed by atoms with E-state index in [2.05, 4.69) is 19.8 Å². The van der Waals surface area contributed by atoms with Crippen molar-refractivity contribution in [3.63, 3.8) is 0 Å². The highest BCUT2D eigenvalue weighted by Crippen LogP contribution is 2.09. The summed E-state index contributed by atoms with van der Waals surface area (Å²) in [4.78, 5) is 6.73. The summed E-state index contributed by atoms with van der Waals surface area (Å²) in [6.45, 7) is 0.450. The average Bonchev–Trinajstić information content (AvgIpc) is 2.99. The Labute approximate surface area is 104 Å². The van der Waals surface area contributed by atoms with Crippen molar-refractivity contribution in [1.29, 1.82) is 0 Å². The Morgan fingerprint density at radius 3 is 2.94 bits per heavy atom. The molecule has 0 aliphatic carbocycles. The zero-order valence-corrected chi connectivity index (χ0v) is 10.3. The molecule has 0 aliphatic rings. The van der Waals surface area contributed by atoms with Gasteiger partial charge >= 0.3 is 0 Å². The van der Waals surface area contributed by atoms with Gasteiger partial charge in [0.25, 0.3) is 0 Å². The van der Waals surface area contributed by atoms with Gasteiger partial charge in [-0.15, -0.1) is 0 Å². The first kappa shape index (κ1) is 12.7. The molecule has 18 heavy (non-hydrogen) atoms. The van der Waals surface area contributed by atoms with Crippen molar-refractivity contribution in [2.75, 3.05) is 6.54 Å². The molecule has 0 bridgehead atoms. The number of H-pyrrole nitrogens is 1. The van der Waals surface area contributed by atoms with Crippen molar-refractivity contribution < 1.29 is 12.9 Å². The van der Waals surface area contributed by atoms with Gasteiger partial charge in [-0.3, -0.25) is 0 Å². The fourth-order valence-corrected chi connectivity index (χ4v) is 2.42. The monoisotopic (exact) mass is 271 g/mol. The summed E-state index contributed by atoms with van der Waals surface area (Å²) >= 11 is 0. The lowest BCUT2D eigenvalue weighted by Gasteiger charge is -2.02. The van der Waals surface area contributed by atoms with Gasteiger partial charge in [-0.2, -0.15) is 4.98 Å². The molecule has 0 unspecified atom stereocenters. The number of aromatic amines is 1. The molecule has 4 N–H and O–H groups in total. The van der Waals surface area contributed by atoms with E-state index in [1.165, 1.54) is 18.6 Å². The minimum atomic E-state index is -3.53. The third-order valence-electron chi connectivity index (χ3n) is 2.28. The molecule has 0 saturated heterocycles. The topological polar surface area (TPSA) is 127 Å². The second-order valence-electron chi connectivity index (χ2n) is 3.55. The van der Waals surface area contributed by atoms with Crippen LogP contribution in [-0.2, 0) is 23.0 Å². The van der Waals surface area contributed by atoms with Crippen LogP contribution < -0.4 is 10.5 Å². The summed E-state index contributed by atoms with van der Waals surface area (Å²) in [7, 11) is -3.53. The van der Waals surface area contributed by atoms with Gasteiger partial charge in [-0.25, -0.2) is 13.1 Å². The van der Waals surface area contributed by atoms with Gasteiger partial charge in [0.15, 0.2) is 6.33 Å². The van der Waals surface area contributed by atoms with E-state index >= 15 is 0 Å². The van der Waals surface area contributed by atoms with Crippen molar-refractivity contribution in [2.45, 2.75) is 17.9 Å². The summed E-state index contributed by atoms with van der Waals surface area (Å²) in [6.07, 6.45) is 3.01. The lowest BCUT2D eigenvalue weighted by Crippen LogP contribution is -2.25. The Hall–Kier alpha value is -1.71. The second kappa shape index (κ2) is 5.29. The fraction of sp³-hybridized carbons (Fsp3) is 0.333. The molecule has 0 spiro atoms. The van der Waals surface area contributed by atoms with E-state index in [0.29, 0.717) is 18.0 Å². The Morgan fingerprint density at radius 2 is 2.33 bits per heavy atom. The molecule has 2 aromatic rings. The van der Waals surface area contributed by atoms with Crippen molar-refractivity contribution in [3.05, 3.63) is 30.2 Å². The number of rotatable bonds is 6. The van der Waals surface area contributed by atoms with Crippen molar-refractivity contribution in [3.8, 4) is 0 Å². The lowest BCUT2D eigenvalue weighted by molar-refractivity contribution is 0.377. The minimum absolute atomic E-state index is 0.161. The van der Waals surface area contributed by atoms with E-state index in [1.54, 1.807) is 0 Å². The van der Waals surface area contributed by atoms with Crippen LogP contribution in [0.4, 0.5) is 0 Å². The molecule has 0 saturated carbocycles. The van der Waals surface area contributed by atoms with E-state index in [1.807, 2.05) is 0 Å². The number of hydrogen-bond donors (Lipinski definition) is 3. The summed E-state index contributed by atoms with van der Waals surface area (Å²) < 4.78 is 30.9. The SMILES string of the molecule is NCc1cc(S(=O)(=O)NCCc2ncno2)c[nH]1. The Bertz CT molecular complexity index is 590. The minimum Gasteiger partial charge on any atom is -0.363 e. The van der Waals surface area contributed by atoms with E-state index in [0.717, 1.165) is 0 Å². The standard InChI is InChI=1S/C9H13N5O3S/c10-4-7-3-8(5-11-7)18(15,16)14-2-1-9-12-6-13-17-9/h3,5-6,11,14H,1-2,4,10H2. The van der Waals surface area contributed by atoms with Crippen LogP contribution in [-0.4, -0.2) is 30.1 Å². The maximum atomic E-state index is 11.9. The second-order valence-corrected chi connectivity index (χ2v) is 5.31. The number of nitrogens with zero attached hydrogens (tertiary/aromatic N) is 2. The van der Waals surface area contributed by atoms with Gasteiger partial charge in [-0.05, 0) is 6.07 Å². The van der Waals surface area contributed by atoms with Gasteiger partial charge in [0.05, 0.1) is 4.90 Å². The van der Waals surface area contributed by atoms with Crippen LogP contribution in [0.2, 0.25) is 0 Å². The largest absolute Gasteiger partial charge is 0.363 e. The molecule has 0 amide bonds. The number of nitrogens with two attached hydrogens (primary N) is 1. The maximum Gasteiger partial charge on any atom is 0.242 e. The van der Waals surface area contributed by atoms with Crippen LogP contribution in [0, 0.1) is 0 Å². The lowest BCUT2D eigenvalue weighted by atomic mass is 10.4. The van der Waals surface area contributed by atoms with E-state index in [9.17, 15) is 8.42 Å². The van der Waals surface area contributed by atoms with Crippen LogP contribution >= 0.6 is 0 Å². The first-order valence-corrected chi connectivity index (χ1v) is 6.73. The molecule has 0 atom stereocenters. The van der Waals surface area contributed by atoms with Gasteiger partial charge in [0.2, 0.25) is 15.9 Å². The van der Waals surface area contributed by atoms with Gasteiger partial charge in [-0.1, -0.05) is 5.16 Å². The number of sulfonamides is 1. The summed E-state index contributed by atoms with van der Waals surface area (Å²) in [5, 5.41) is 3.43. The van der Waals surface area contributed by atoms with Crippen LogP contribution in [0.25, 0.3) is 0 Å². The van der Waals surface area contributed by atoms with Gasteiger partial charge in [0, 0.05) is 31.4 Å². The smallest absolute Gasteiger partial charge is 0.242 e. The zero-order valence-electron chi connectivity index (χ0n) is 9.46. The van der Waals surface area contributed by atoms with Crippen molar-refractivity contribution in [1.82, 2.24) is 19.8 Å². The Balaban J connectivity index is 1.95. The first-order valence-electron chi connectivity index (χ1n) is 5.24. The van der Waals surface area contributed by atoms with Crippen LogP contribution in [0.3, 0.4) is 0 Å². The van der Waals surface area contributed by atoms with E-state index in [4.69, 9.17) is 10.3 Å². The summed E-state index contributed by atoms with van der Waals surface area (Å²) in [6, 6.07) is 1.50. The van der Waals surface area contributed by atoms with E-state index in [-0.39, 0.29) is 18.0 Å². The zero-order chi connectivity index (χ0) is 13.0. The number of aromatic nitrogens is 3. The third kappa shape index (κ3) is 2.94. The fourth-order valence-electron chi connectivity index (χ4n) is 1.37. The molecule has 0 fully saturated rings. The quantitative estimate of drug-likeness (QED) is 0.642.